The minimum absolute atomic E-state index is 0.0775. The van der Waals surface area contributed by atoms with Crippen LogP contribution in [0.15, 0.2) is 23.1 Å². The minimum Gasteiger partial charge on any atom is -0.324 e. The van der Waals surface area contributed by atoms with E-state index in [-0.39, 0.29) is 26.8 Å². The number of nitrogens with two attached hydrogens (primary N) is 1. The van der Waals surface area contributed by atoms with Gasteiger partial charge >= 0.3 is 0 Å². The number of carbonyl (C=O) groups excluding carboxylic acids is 1. The van der Waals surface area contributed by atoms with E-state index in [0.717, 1.165) is 18.6 Å². The standard InChI is InChI=1S/C11H13ClN2O3S2/c12-8-4-3-7(19(13,16)17)6-9(8)14-11(15)10-2-1-5-18-10/h3-4,6,10H,1-2,5H2,(H,14,15)(H2,13,16,17). The van der Waals surface area contributed by atoms with Gasteiger partial charge in [-0.15, -0.1) is 11.8 Å². The molecule has 3 N–H and O–H groups in total. The summed E-state index contributed by atoms with van der Waals surface area (Å²) in [6, 6.07) is 3.98. The molecule has 1 unspecified atom stereocenters. The Bertz CT molecular complexity index is 598. The van der Waals surface area contributed by atoms with E-state index in [4.69, 9.17) is 16.7 Å². The van der Waals surface area contributed by atoms with Gasteiger partial charge in [0.2, 0.25) is 15.9 Å². The topological polar surface area (TPSA) is 89.3 Å². The van der Waals surface area contributed by atoms with E-state index in [9.17, 15) is 13.2 Å². The van der Waals surface area contributed by atoms with Crippen LogP contribution in [0.1, 0.15) is 12.8 Å². The number of nitrogens with one attached hydrogen (secondary N) is 1. The van der Waals surface area contributed by atoms with Crippen molar-refractivity contribution in [2.24, 2.45) is 5.14 Å². The Hall–Kier alpha value is -0.760. The summed E-state index contributed by atoms with van der Waals surface area (Å²) < 4.78 is 22.5. The first-order valence-electron chi connectivity index (χ1n) is 5.63. The molecule has 0 bridgehead atoms. The molecule has 1 aliphatic rings. The highest BCUT2D eigenvalue weighted by Gasteiger charge is 2.24. The van der Waals surface area contributed by atoms with Crippen LogP contribution in [-0.4, -0.2) is 25.3 Å². The molecule has 1 heterocycles. The van der Waals surface area contributed by atoms with Gasteiger partial charge in [-0.25, -0.2) is 13.6 Å². The smallest absolute Gasteiger partial charge is 0.238 e. The third-order valence-corrected chi connectivity index (χ3v) is 5.36. The number of benzene rings is 1. The average Bonchev–Trinajstić information content (AvgIpc) is 2.84. The molecule has 5 nitrogen and oxygen atoms in total. The van der Waals surface area contributed by atoms with Crippen molar-refractivity contribution in [3.8, 4) is 0 Å². The van der Waals surface area contributed by atoms with E-state index in [0.29, 0.717) is 0 Å². The normalized spacial score (nSPS) is 19.4. The van der Waals surface area contributed by atoms with Crippen LogP contribution < -0.4 is 10.5 Å². The van der Waals surface area contributed by atoms with Gasteiger partial charge in [-0.2, -0.15) is 0 Å². The van der Waals surface area contributed by atoms with Crippen LogP contribution in [-0.2, 0) is 14.8 Å². The SMILES string of the molecule is NS(=O)(=O)c1ccc(Cl)c(NC(=O)C2CCCS2)c1. The molecule has 0 aliphatic carbocycles. The molecule has 19 heavy (non-hydrogen) atoms. The van der Waals surface area contributed by atoms with E-state index in [1.165, 1.54) is 18.2 Å². The summed E-state index contributed by atoms with van der Waals surface area (Å²) in [5.74, 6) is 0.805. The fourth-order valence-electron chi connectivity index (χ4n) is 1.77. The summed E-state index contributed by atoms with van der Waals surface area (Å²) in [4.78, 5) is 11.9. The van der Waals surface area contributed by atoms with Crippen LogP contribution in [0.4, 0.5) is 5.69 Å². The van der Waals surface area contributed by atoms with Gasteiger partial charge in [-0.1, -0.05) is 11.6 Å². The lowest BCUT2D eigenvalue weighted by Gasteiger charge is -2.12. The van der Waals surface area contributed by atoms with E-state index in [1.807, 2.05) is 0 Å². The lowest BCUT2D eigenvalue weighted by molar-refractivity contribution is -0.115. The zero-order chi connectivity index (χ0) is 14.0. The number of carbonyl (C=O) groups is 1. The Morgan fingerprint density at radius 3 is 2.79 bits per heavy atom. The number of hydrogen-bond donors (Lipinski definition) is 2. The molecule has 0 spiro atoms. The van der Waals surface area contributed by atoms with E-state index >= 15 is 0 Å². The molecule has 1 aliphatic heterocycles. The molecule has 0 aromatic heterocycles. The summed E-state index contributed by atoms with van der Waals surface area (Å²) >= 11 is 7.53. The van der Waals surface area contributed by atoms with Crippen molar-refractivity contribution in [3.63, 3.8) is 0 Å². The zero-order valence-electron chi connectivity index (χ0n) is 9.93. The average molecular weight is 321 g/mol. The molecule has 0 saturated carbocycles. The van der Waals surface area contributed by atoms with Gasteiger partial charge < -0.3 is 5.32 Å². The molecule has 8 heteroatoms. The van der Waals surface area contributed by atoms with Gasteiger partial charge in [-0.3, -0.25) is 4.79 Å². The molecule has 1 amide bonds. The van der Waals surface area contributed by atoms with Gasteiger partial charge in [0.05, 0.1) is 20.9 Å². The maximum Gasteiger partial charge on any atom is 0.238 e. The fourth-order valence-corrected chi connectivity index (χ4v) is 3.64. The molecule has 1 saturated heterocycles. The summed E-state index contributed by atoms with van der Waals surface area (Å²) in [5, 5.41) is 7.87. The van der Waals surface area contributed by atoms with Crippen molar-refractivity contribution >= 4 is 45.0 Å². The third-order valence-electron chi connectivity index (χ3n) is 2.75. The predicted octanol–water partition coefficient (Wildman–Crippen LogP) is 1.82. The molecular weight excluding hydrogens is 308 g/mol. The first kappa shape index (κ1) is 14.6. The number of thioether (sulfide) groups is 1. The van der Waals surface area contributed by atoms with Gasteiger partial charge in [0.1, 0.15) is 0 Å². The second-order valence-electron chi connectivity index (χ2n) is 4.18. The zero-order valence-corrected chi connectivity index (χ0v) is 12.3. The van der Waals surface area contributed by atoms with Crippen LogP contribution in [0.2, 0.25) is 5.02 Å². The van der Waals surface area contributed by atoms with Crippen molar-refractivity contribution in [2.75, 3.05) is 11.1 Å². The quantitative estimate of drug-likeness (QED) is 0.889. The van der Waals surface area contributed by atoms with E-state index in [1.54, 1.807) is 11.8 Å². The fraction of sp³-hybridized carbons (Fsp3) is 0.364. The lowest BCUT2D eigenvalue weighted by Crippen LogP contribution is -2.23. The Balaban J connectivity index is 2.22. The number of amides is 1. The Morgan fingerprint density at radius 1 is 1.47 bits per heavy atom. The Labute approximate surface area is 120 Å². The van der Waals surface area contributed by atoms with Crippen molar-refractivity contribution < 1.29 is 13.2 Å². The number of primary sulfonamides is 1. The van der Waals surface area contributed by atoms with Crippen LogP contribution in [0, 0.1) is 0 Å². The molecule has 2 rings (SSSR count). The van der Waals surface area contributed by atoms with Crippen LogP contribution >= 0.6 is 23.4 Å². The summed E-state index contributed by atoms with van der Waals surface area (Å²) in [6.07, 6.45) is 1.83. The second-order valence-corrected chi connectivity index (χ2v) is 7.46. The van der Waals surface area contributed by atoms with E-state index < -0.39 is 10.0 Å². The minimum atomic E-state index is -3.81. The first-order chi connectivity index (χ1) is 8.88. The van der Waals surface area contributed by atoms with Crippen molar-refractivity contribution in [2.45, 2.75) is 23.0 Å². The third kappa shape index (κ3) is 3.62. The van der Waals surface area contributed by atoms with Crippen LogP contribution in [0.3, 0.4) is 0 Å². The number of rotatable bonds is 3. The van der Waals surface area contributed by atoms with Crippen LogP contribution in [0.25, 0.3) is 0 Å². The maximum atomic E-state index is 12.0. The van der Waals surface area contributed by atoms with Gasteiger partial charge in [0, 0.05) is 0 Å². The lowest BCUT2D eigenvalue weighted by atomic mass is 10.2. The molecule has 1 atom stereocenters. The predicted molar refractivity (Wildman–Crippen MR) is 76.9 cm³/mol. The monoisotopic (exact) mass is 320 g/mol. The largest absolute Gasteiger partial charge is 0.324 e. The van der Waals surface area contributed by atoms with Crippen molar-refractivity contribution in [3.05, 3.63) is 23.2 Å². The van der Waals surface area contributed by atoms with Crippen molar-refractivity contribution in [1.82, 2.24) is 0 Å². The number of sulfonamides is 1. The highest BCUT2D eigenvalue weighted by atomic mass is 35.5. The maximum absolute atomic E-state index is 12.0. The summed E-state index contributed by atoms with van der Waals surface area (Å²) in [7, 11) is -3.81. The number of anilines is 1. The molecule has 1 aromatic rings. The van der Waals surface area contributed by atoms with Gasteiger partial charge in [-0.05, 0) is 36.8 Å². The first-order valence-corrected chi connectivity index (χ1v) is 8.60. The van der Waals surface area contributed by atoms with E-state index in [2.05, 4.69) is 5.32 Å². The number of halogens is 1. The Morgan fingerprint density at radius 2 is 2.21 bits per heavy atom. The number of hydrogen-bond acceptors (Lipinski definition) is 4. The summed E-state index contributed by atoms with van der Waals surface area (Å²) in [6.45, 7) is 0. The van der Waals surface area contributed by atoms with Gasteiger partial charge in [0.25, 0.3) is 0 Å². The van der Waals surface area contributed by atoms with Gasteiger partial charge in [0.15, 0.2) is 0 Å². The van der Waals surface area contributed by atoms with Crippen molar-refractivity contribution in [1.29, 1.82) is 0 Å². The Kier molecular flexibility index (Phi) is 4.39. The highest BCUT2D eigenvalue weighted by molar-refractivity contribution is 8.00. The van der Waals surface area contributed by atoms with Crippen LogP contribution in [0.5, 0.6) is 0 Å². The molecule has 1 aromatic carbocycles. The highest BCUT2D eigenvalue weighted by Crippen LogP contribution is 2.29. The summed E-state index contributed by atoms with van der Waals surface area (Å²) in [5.41, 5.74) is 0.269. The molecular formula is C11H13ClN2O3S2. The molecule has 0 radical (unpaired) electrons. The molecule has 104 valence electrons. The second kappa shape index (κ2) is 5.70. The molecule has 1 fully saturated rings.